The zero-order valence-electron chi connectivity index (χ0n) is 52.6. The van der Waals surface area contributed by atoms with Crippen LogP contribution in [-0.4, -0.2) is 215 Å². The molecule has 2 amide bonds. The van der Waals surface area contributed by atoms with Crippen molar-refractivity contribution in [1.82, 2.24) is 10.6 Å². The number of aliphatic carboxylic acids is 1. The van der Waals surface area contributed by atoms with Crippen LogP contribution in [0.3, 0.4) is 0 Å². The van der Waals surface area contributed by atoms with Crippen molar-refractivity contribution in [2.24, 2.45) is 0 Å². The SMILES string of the molecule is CCCC/C=C\CCCCCCC(=O)NC(COC1OC(CO)C(OC2OC(CO)C(O)C(OC3(C(=O)O)CC(O)C(NC(C)=O)C(C(O)C(O)CO)O3)C2O)C(O)C1O)C(O)/C=C/CCCCCCCCCCCCCCCCCCCCCCC. The summed E-state index contributed by atoms with van der Waals surface area (Å²) in [5.41, 5.74) is 0. The number of carboxylic acid groups (broad SMARTS) is 1. The van der Waals surface area contributed by atoms with E-state index in [2.05, 4.69) is 36.6 Å². The molecule has 0 saturated carbocycles. The van der Waals surface area contributed by atoms with E-state index >= 15 is 0 Å². The highest BCUT2D eigenvalue weighted by Crippen LogP contribution is 2.38. The molecular formula is C64H116N2O21. The Hall–Kier alpha value is -2.79. The average Bonchev–Trinajstić information content (AvgIpc) is 1.23. The van der Waals surface area contributed by atoms with Crippen molar-refractivity contribution < 1.29 is 104 Å². The Morgan fingerprint density at radius 3 is 1.60 bits per heavy atom. The molecule has 0 spiro atoms. The predicted octanol–water partition coefficient (Wildman–Crippen LogP) is 4.89. The number of unbranched alkanes of at least 4 members (excludes halogenated alkanes) is 27. The summed E-state index contributed by atoms with van der Waals surface area (Å²) in [6.45, 7) is 2.06. The molecule has 87 heavy (non-hydrogen) atoms. The van der Waals surface area contributed by atoms with Gasteiger partial charge < -0.3 is 100 Å². The van der Waals surface area contributed by atoms with Crippen molar-refractivity contribution in [1.29, 1.82) is 0 Å². The van der Waals surface area contributed by atoms with Crippen LogP contribution in [-0.2, 0) is 42.8 Å². The third kappa shape index (κ3) is 28.7. The van der Waals surface area contributed by atoms with Gasteiger partial charge in [0.1, 0.15) is 67.1 Å². The molecule has 18 unspecified atom stereocenters. The molecule has 18 atom stereocenters. The van der Waals surface area contributed by atoms with Gasteiger partial charge in [-0.25, -0.2) is 4.79 Å². The minimum absolute atomic E-state index is 0.185. The second-order valence-corrected chi connectivity index (χ2v) is 24.3. The van der Waals surface area contributed by atoms with Crippen LogP contribution in [0.15, 0.2) is 24.3 Å². The molecule has 0 aromatic heterocycles. The molecule has 0 aromatic carbocycles. The molecule has 0 bridgehead atoms. The summed E-state index contributed by atoms with van der Waals surface area (Å²) in [6.07, 6.45) is 14.0. The molecule has 3 aliphatic rings. The number of aliphatic hydroxyl groups is 11. The van der Waals surface area contributed by atoms with E-state index in [-0.39, 0.29) is 12.3 Å². The van der Waals surface area contributed by atoms with Crippen LogP contribution >= 0.6 is 0 Å². The third-order valence-electron chi connectivity index (χ3n) is 16.9. The summed E-state index contributed by atoms with van der Waals surface area (Å²) in [4.78, 5) is 38.4. The number of carbonyl (C=O) groups excluding carboxylic acids is 2. The van der Waals surface area contributed by atoms with Gasteiger partial charge in [0.05, 0.1) is 50.7 Å². The van der Waals surface area contributed by atoms with E-state index in [1.807, 2.05) is 6.08 Å². The number of hydrogen-bond acceptors (Lipinski definition) is 20. The highest BCUT2D eigenvalue weighted by atomic mass is 16.8. The van der Waals surface area contributed by atoms with Crippen molar-refractivity contribution in [3.8, 4) is 0 Å². The number of carbonyl (C=O) groups is 3. The van der Waals surface area contributed by atoms with Gasteiger partial charge in [0.25, 0.3) is 5.79 Å². The van der Waals surface area contributed by atoms with E-state index in [0.717, 1.165) is 71.1 Å². The summed E-state index contributed by atoms with van der Waals surface area (Å²) < 4.78 is 34.7. The van der Waals surface area contributed by atoms with E-state index in [9.17, 15) is 75.7 Å². The number of aliphatic hydroxyl groups excluding tert-OH is 11. The highest BCUT2D eigenvalue weighted by Gasteiger charge is 2.60. The fraction of sp³-hybridized carbons (Fsp3) is 0.891. The summed E-state index contributed by atoms with van der Waals surface area (Å²) in [5.74, 6) is -6.16. The van der Waals surface area contributed by atoms with Gasteiger partial charge in [-0.2, -0.15) is 0 Å². The van der Waals surface area contributed by atoms with Crippen LogP contribution in [0, 0.1) is 0 Å². The number of hydrogen-bond donors (Lipinski definition) is 14. The van der Waals surface area contributed by atoms with Gasteiger partial charge in [0.2, 0.25) is 11.8 Å². The zero-order valence-corrected chi connectivity index (χ0v) is 52.6. The van der Waals surface area contributed by atoms with Gasteiger partial charge in [-0.1, -0.05) is 192 Å². The number of rotatable bonds is 49. The molecule has 14 N–H and O–H groups in total. The first-order valence-electron chi connectivity index (χ1n) is 33.2. The molecule has 23 nitrogen and oxygen atoms in total. The van der Waals surface area contributed by atoms with Gasteiger partial charge in [0, 0.05) is 19.8 Å². The Morgan fingerprint density at radius 1 is 0.598 bits per heavy atom. The Balaban J connectivity index is 1.59. The topological polar surface area (TPSA) is 373 Å². The summed E-state index contributed by atoms with van der Waals surface area (Å²) in [6, 6.07) is -2.62. The second-order valence-electron chi connectivity index (χ2n) is 24.3. The lowest BCUT2D eigenvalue weighted by Crippen LogP contribution is -2.70. The Kier molecular flexibility index (Phi) is 41.0. The maximum Gasteiger partial charge on any atom is 0.364 e. The normalized spacial score (nSPS) is 29.3. The van der Waals surface area contributed by atoms with Crippen molar-refractivity contribution in [3.05, 3.63) is 24.3 Å². The van der Waals surface area contributed by atoms with Gasteiger partial charge in [-0.15, -0.1) is 0 Å². The highest BCUT2D eigenvalue weighted by molar-refractivity contribution is 5.77. The van der Waals surface area contributed by atoms with Crippen molar-refractivity contribution >= 4 is 17.8 Å². The van der Waals surface area contributed by atoms with E-state index < -0.39 is 155 Å². The zero-order chi connectivity index (χ0) is 64.0. The van der Waals surface area contributed by atoms with Crippen LogP contribution in [0.5, 0.6) is 0 Å². The molecule has 3 fully saturated rings. The molecule has 3 heterocycles. The molecule has 3 rings (SSSR count). The molecule has 3 aliphatic heterocycles. The van der Waals surface area contributed by atoms with E-state index in [1.165, 1.54) is 116 Å². The minimum Gasteiger partial charge on any atom is -0.477 e. The van der Waals surface area contributed by atoms with Crippen LogP contribution in [0.2, 0.25) is 0 Å². The molecule has 0 aliphatic carbocycles. The van der Waals surface area contributed by atoms with Gasteiger partial charge in [-0.3, -0.25) is 9.59 Å². The number of allylic oxidation sites excluding steroid dienone is 3. The van der Waals surface area contributed by atoms with E-state index in [4.69, 9.17) is 28.4 Å². The first-order chi connectivity index (χ1) is 41.9. The second kappa shape index (κ2) is 45.5. The molecule has 3 saturated heterocycles. The lowest BCUT2D eigenvalue weighted by atomic mass is 9.88. The summed E-state index contributed by atoms with van der Waals surface area (Å²) in [5, 5.41) is 136. The molecular weight excluding hydrogens is 1130 g/mol. The quantitative estimate of drug-likeness (QED) is 0.0285. The molecule has 23 heteroatoms. The van der Waals surface area contributed by atoms with Crippen molar-refractivity contribution in [3.63, 3.8) is 0 Å². The molecule has 0 aromatic rings. The summed E-state index contributed by atoms with van der Waals surface area (Å²) in [7, 11) is 0. The van der Waals surface area contributed by atoms with Crippen LogP contribution in [0.4, 0.5) is 0 Å². The first kappa shape index (κ1) is 78.5. The number of ether oxygens (including phenoxy) is 6. The van der Waals surface area contributed by atoms with Crippen LogP contribution in [0.25, 0.3) is 0 Å². The van der Waals surface area contributed by atoms with Crippen LogP contribution < -0.4 is 10.6 Å². The number of nitrogens with one attached hydrogen (secondary N) is 2. The van der Waals surface area contributed by atoms with Gasteiger partial charge >= 0.3 is 5.97 Å². The Labute approximate surface area is 517 Å². The van der Waals surface area contributed by atoms with Crippen LogP contribution in [0.1, 0.15) is 226 Å². The lowest BCUT2D eigenvalue weighted by molar-refractivity contribution is -0.386. The number of amides is 2. The Bertz CT molecular complexity index is 1870. The Morgan fingerprint density at radius 2 is 1.09 bits per heavy atom. The molecule has 508 valence electrons. The standard InChI is InChI=1S/C64H116N2O21/c1-4-6-8-10-12-14-16-17-18-19-20-21-22-23-24-25-26-27-28-29-31-33-35-37-46(71)45(66-51(74)38-36-34-32-30-15-13-11-9-7-5-2)43-82-61-56(78)55(77)58(50(42-69)84-61)85-62-57(79)60(54(76)49(41-68)83-62)87-64(63(80)81)39-47(72)52(65-44(3)70)59(86-64)53(75)48(73)40-67/h11,13,35,37,45-50,52-62,67-69,71-73,75-79H,4-10,12,14-34,36,38-43H2,1-3H3,(H,65,70)(H,66,74)(H,80,81)/b13-11-,37-35+. The van der Waals surface area contributed by atoms with Gasteiger partial charge in [0.15, 0.2) is 12.6 Å². The maximum absolute atomic E-state index is 13.3. The van der Waals surface area contributed by atoms with E-state index in [1.54, 1.807) is 6.08 Å². The van der Waals surface area contributed by atoms with E-state index in [0.29, 0.717) is 12.8 Å². The number of carboxylic acids is 1. The average molecular weight is 1250 g/mol. The predicted molar refractivity (Wildman–Crippen MR) is 324 cm³/mol. The van der Waals surface area contributed by atoms with Gasteiger partial charge in [-0.05, 0) is 38.5 Å². The monoisotopic (exact) mass is 1250 g/mol. The lowest BCUT2D eigenvalue weighted by Gasteiger charge is -2.50. The summed E-state index contributed by atoms with van der Waals surface area (Å²) >= 11 is 0. The van der Waals surface area contributed by atoms with Crippen molar-refractivity contribution in [2.45, 2.75) is 336 Å². The van der Waals surface area contributed by atoms with Crippen molar-refractivity contribution in [2.75, 3.05) is 26.4 Å². The molecule has 0 radical (unpaired) electrons. The third-order valence-corrected chi connectivity index (χ3v) is 16.9. The fourth-order valence-electron chi connectivity index (χ4n) is 11.5. The smallest absolute Gasteiger partial charge is 0.364 e. The first-order valence-corrected chi connectivity index (χ1v) is 33.2. The largest absolute Gasteiger partial charge is 0.477 e. The maximum atomic E-state index is 13.3. The fourth-order valence-corrected chi connectivity index (χ4v) is 11.5. The minimum atomic E-state index is -3.08.